The highest BCUT2D eigenvalue weighted by molar-refractivity contribution is 5.85. The molecule has 0 saturated carbocycles. The Balaban J connectivity index is 0.00000220. The Bertz CT molecular complexity index is 328. The quantitative estimate of drug-likeness (QED) is 0.745. The van der Waals surface area contributed by atoms with Crippen molar-refractivity contribution in [2.75, 3.05) is 52.6 Å². The zero-order valence-electron chi connectivity index (χ0n) is 13.2. The van der Waals surface area contributed by atoms with Gasteiger partial charge < -0.3 is 20.5 Å². The van der Waals surface area contributed by atoms with Crippen LogP contribution in [0.3, 0.4) is 0 Å². The van der Waals surface area contributed by atoms with Crippen molar-refractivity contribution in [1.82, 2.24) is 10.2 Å². The molecule has 2 saturated heterocycles. The van der Waals surface area contributed by atoms with E-state index in [1.54, 1.807) is 0 Å². The summed E-state index contributed by atoms with van der Waals surface area (Å²) < 4.78 is 10.7. The third kappa shape index (κ3) is 5.51. The number of carbonyl (C=O) groups excluding carboxylic acids is 1. The molecule has 2 rings (SSSR count). The minimum absolute atomic E-state index is 0. The van der Waals surface area contributed by atoms with Crippen LogP contribution >= 0.6 is 24.8 Å². The molecular formula is C14H29Cl2N3O3. The van der Waals surface area contributed by atoms with Gasteiger partial charge in [0.1, 0.15) is 0 Å². The molecule has 1 unspecified atom stereocenters. The third-order valence-electron chi connectivity index (χ3n) is 4.51. The van der Waals surface area contributed by atoms with E-state index in [4.69, 9.17) is 15.2 Å². The van der Waals surface area contributed by atoms with Crippen LogP contribution in [0.15, 0.2) is 0 Å². The second-order valence-corrected chi connectivity index (χ2v) is 5.81. The van der Waals surface area contributed by atoms with Gasteiger partial charge in [0.25, 0.3) is 0 Å². The van der Waals surface area contributed by atoms with Crippen LogP contribution in [0.1, 0.15) is 19.8 Å². The van der Waals surface area contributed by atoms with E-state index in [2.05, 4.69) is 17.1 Å². The van der Waals surface area contributed by atoms with Crippen molar-refractivity contribution in [1.29, 1.82) is 0 Å². The van der Waals surface area contributed by atoms with Gasteiger partial charge in [0.05, 0.1) is 18.6 Å². The maximum atomic E-state index is 12.4. The van der Waals surface area contributed by atoms with Gasteiger partial charge in [-0.2, -0.15) is 0 Å². The number of carbonyl (C=O) groups is 1. The number of nitrogens with one attached hydrogen (secondary N) is 1. The highest BCUT2D eigenvalue weighted by atomic mass is 35.5. The first kappa shape index (κ1) is 21.9. The van der Waals surface area contributed by atoms with Crippen LogP contribution in [0.5, 0.6) is 0 Å². The SMILES string of the molecule is CC1COCCN1CCNC(=O)C1(CN)CCOCC1.Cl.Cl. The second kappa shape index (κ2) is 10.6. The maximum Gasteiger partial charge on any atom is 0.227 e. The number of ether oxygens (including phenoxy) is 2. The van der Waals surface area contributed by atoms with Crippen LogP contribution in [0.25, 0.3) is 0 Å². The van der Waals surface area contributed by atoms with Gasteiger partial charge >= 0.3 is 0 Å². The molecule has 8 heteroatoms. The fraction of sp³-hybridized carbons (Fsp3) is 0.929. The smallest absolute Gasteiger partial charge is 0.227 e. The van der Waals surface area contributed by atoms with Crippen molar-refractivity contribution in [3.8, 4) is 0 Å². The lowest BCUT2D eigenvalue weighted by atomic mass is 9.79. The Morgan fingerprint density at radius 2 is 1.95 bits per heavy atom. The molecule has 0 aromatic rings. The summed E-state index contributed by atoms with van der Waals surface area (Å²) in [7, 11) is 0. The van der Waals surface area contributed by atoms with E-state index in [0.29, 0.717) is 32.3 Å². The van der Waals surface area contributed by atoms with Gasteiger partial charge in [-0.25, -0.2) is 0 Å². The molecule has 2 fully saturated rings. The van der Waals surface area contributed by atoms with E-state index in [-0.39, 0.29) is 30.7 Å². The Morgan fingerprint density at radius 3 is 2.55 bits per heavy atom. The molecule has 2 heterocycles. The fourth-order valence-electron chi connectivity index (χ4n) is 2.88. The van der Waals surface area contributed by atoms with Gasteiger partial charge in [0, 0.05) is 45.4 Å². The average Bonchev–Trinajstić information content (AvgIpc) is 2.49. The Kier molecular flexibility index (Phi) is 10.6. The fourth-order valence-corrected chi connectivity index (χ4v) is 2.88. The molecule has 2 aliphatic heterocycles. The zero-order chi connectivity index (χ0) is 14.4. The second-order valence-electron chi connectivity index (χ2n) is 5.81. The topological polar surface area (TPSA) is 76.8 Å². The predicted octanol–water partition coefficient (Wildman–Crippen LogP) is 0.422. The number of halogens is 2. The summed E-state index contributed by atoms with van der Waals surface area (Å²) in [5, 5.41) is 3.06. The van der Waals surface area contributed by atoms with E-state index >= 15 is 0 Å². The number of hydrogen-bond donors (Lipinski definition) is 2. The highest BCUT2D eigenvalue weighted by Gasteiger charge is 2.38. The van der Waals surface area contributed by atoms with Crippen LogP contribution in [0.4, 0.5) is 0 Å². The average molecular weight is 358 g/mol. The van der Waals surface area contributed by atoms with E-state index in [1.165, 1.54) is 0 Å². The van der Waals surface area contributed by atoms with E-state index < -0.39 is 5.41 Å². The molecule has 132 valence electrons. The molecule has 0 radical (unpaired) electrons. The van der Waals surface area contributed by atoms with Crippen molar-refractivity contribution in [2.24, 2.45) is 11.1 Å². The Labute approximate surface area is 145 Å². The van der Waals surface area contributed by atoms with Crippen LogP contribution < -0.4 is 11.1 Å². The first-order valence-electron chi connectivity index (χ1n) is 7.56. The Hall–Kier alpha value is -0.110. The van der Waals surface area contributed by atoms with Gasteiger partial charge in [-0.1, -0.05) is 0 Å². The number of hydrogen-bond acceptors (Lipinski definition) is 5. The van der Waals surface area contributed by atoms with Crippen molar-refractivity contribution < 1.29 is 14.3 Å². The van der Waals surface area contributed by atoms with Crippen molar-refractivity contribution in [3.63, 3.8) is 0 Å². The molecular weight excluding hydrogens is 329 g/mol. The first-order chi connectivity index (χ1) is 9.68. The molecule has 1 amide bonds. The van der Waals surface area contributed by atoms with Crippen molar-refractivity contribution >= 4 is 30.7 Å². The molecule has 0 bridgehead atoms. The molecule has 2 aliphatic rings. The molecule has 3 N–H and O–H groups in total. The largest absolute Gasteiger partial charge is 0.381 e. The lowest BCUT2D eigenvalue weighted by Gasteiger charge is -2.36. The summed E-state index contributed by atoms with van der Waals surface area (Å²) in [5.74, 6) is 0.0872. The highest BCUT2D eigenvalue weighted by Crippen LogP contribution is 2.29. The van der Waals surface area contributed by atoms with Gasteiger partial charge in [-0.05, 0) is 19.8 Å². The lowest BCUT2D eigenvalue weighted by Crippen LogP contribution is -2.52. The summed E-state index contributed by atoms with van der Waals surface area (Å²) in [6.07, 6.45) is 1.45. The number of nitrogens with zero attached hydrogens (tertiary/aromatic N) is 1. The van der Waals surface area contributed by atoms with Gasteiger partial charge in [0.2, 0.25) is 5.91 Å². The van der Waals surface area contributed by atoms with E-state index in [1.807, 2.05) is 0 Å². The number of amides is 1. The molecule has 0 spiro atoms. The maximum absolute atomic E-state index is 12.4. The molecule has 0 aliphatic carbocycles. The van der Waals surface area contributed by atoms with Crippen LogP contribution in [0.2, 0.25) is 0 Å². The summed E-state index contributed by atoms with van der Waals surface area (Å²) in [4.78, 5) is 14.7. The third-order valence-corrected chi connectivity index (χ3v) is 4.51. The van der Waals surface area contributed by atoms with E-state index in [0.717, 1.165) is 39.1 Å². The van der Waals surface area contributed by atoms with Crippen LogP contribution in [-0.2, 0) is 14.3 Å². The van der Waals surface area contributed by atoms with Crippen LogP contribution in [-0.4, -0.2) is 69.5 Å². The van der Waals surface area contributed by atoms with Gasteiger partial charge in [-0.15, -0.1) is 24.8 Å². The van der Waals surface area contributed by atoms with Crippen LogP contribution in [0, 0.1) is 5.41 Å². The number of nitrogens with two attached hydrogens (primary N) is 1. The molecule has 22 heavy (non-hydrogen) atoms. The first-order valence-corrected chi connectivity index (χ1v) is 7.56. The molecule has 6 nitrogen and oxygen atoms in total. The minimum atomic E-state index is -0.422. The summed E-state index contributed by atoms with van der Waals surface area (Å²) in [6.45, 7) is 7.85. The zero-order valence-corrected chi connectivity index (χ0v) is 14.8. The Morgan fingerprint density at radius 1 is 1.27 bits per heavy atom. The number of morpholine rings is 1. The van der Waals surface area contributed by atoms with E-state index in [9.17, 15) is 4.79 Å². The summed E-state index contributed by atoms with van der Waals surface area (Å²) in [5.41, 5.74) is 5.41. The standard InChI is InChI=1S/C14H27N3O3.2ClH/c1-12-10-20-9-6-17(12)5-4-16-13(18)14(11-15)2-7-19-8-3-14;;/h12H,2-11,15H2,1H3,(H,16,18);2*1H. The minimum Gasteiger partial charge on any atom is -0.381 e. The van der Waals surface area contributed by atoms with Crippen molar-refractivity contribution in [3.05, 3.63) is 0 Å². The monoisotopic (exact) mass is 357 g/mol. The summed E-state index contributed by atoms with van der Waals surface area (Å²) >= 11 is 0. The normalized spacial score (nSPS) is 24.7. The van der Waals surface area contributed by atoms with Gasteiger partial charge in [-0.3, -0.25) is 9.69 Å². The van der Waals surface area contributed by atoms with Gasteiger partial charge in [0.15, 0.2) is 0 Å². The molecule has 0 aromatic carbocycles. The summed E-state index contributed by atoms with van der Waals surface area (Å²) in [6, 6.07) is 0.423. The van der Waals surface area contributed by atoms with Crippen molar-refractivity contribution in [2.45, 2.75) is 25.8 Å². The molecule has 1 atom stereocenters. The number of rotatable bonds is 5. The molecule has 0 aromatic heterocycles. The lowest BCUT2D eigenvalue weighted by molar-refractivity contribution is -0.136. The predicted molar refractivity (Wildman–Crippen MR) is 90.9 cm³/mol.